The molecule has 0 aliphatic rings. The van der Waals surface area contributed by atoms with Gasteiger partial charge in [0.05, 0.1) is 36.2 Å². The minimum Gasteiger partial charge on any atom is -0.493 e. The van der Waals surface area contributed by atoms with E-state index in [9.17, 15) is 4.79 Å². The van der Waals surface area contributed by atoms with E-state index in [1.807, 2.05) is 18.2 Å². The van der Waals surface area contributed by atoms with Gasteiger partial charge in [-0.1, -0.05) is 0 Å². The van der Waals surface area contributed by atoms with Crippen molar-refractivity contribution in [1.82, 2.24) is 19.9 Å². The second-order valence-electron chi connectivity index (χ2n) is 5.80. The number of rotatable bonds is 4. The number of aromatic nitrogens is 4. The Balaban J connectivity index is 1.77. The Labute approximate surface area is 148 Å². The summed E-state index contributed by atoms with van der Waals surface area (Å²) in [5, 5.41) is 0.449. The zero-order chi connectivity index (χ0) is 18.1. The molecule has 3 aromatic heterocycles. The van der Waals surface area contributed by atoms with E-state index in [1.165, 1.54) is 7.11 Å². The van der Waals surface area contributed by atoms with E-state index in [1.54, 1.807) is 31.6 Å². The van der Waals surface area contributed by atoms with Crippen LogP contribution in [0.1, 0.15) is 11.4 Å². The molecule has 1 aromatic carbocycles. The lowest BCUT2D eigenvalue weighted by molar-refractivity contribution is 0.355. The predicted molar refractivity (Wildman–Crippen MR) is 97.8 cm³/mol. The molecular weight excluding hydrogens is 332 g/mol. The molecule has 0 aliphatic heterocycles. The first-order valence-electron chi connectivity index (χ1n) is 8.02. The summed E-state index contributed by atoms with van der Waals surface area (Å²) in [6, 6.07) is 9.03. The fourth-order valence-electron chi connectivity index (χ4n) is 2.88. The van der Waals surface area contributed by atoms with Gasteiger partial charge in [0.25, 0.3) is 5.56 Å². The first kappa shape index (κ1) is 16.0. The number of nitrogens with zero attached hydrogens (tertiary/aromatic N) is 3. The van der Waals surface area contributed by atoms with Crippen LogP contribution in [0.3, 0.4) is 0 Å². The molecule has 3 heterocycles. The summed E-state index contributed by atoms with van der Waals surface area (Å²) in [6.45, 7) is 0. The Kier molecular flexibility index (Phi) is 3.96. The highest BCUT2D eigenvalue weighted by atomic mass is 16.5. The molecule has 4 rings (SSSR count). The number of H-pyrrole nitrogens is 1. The minimum atomic E-state index is -0.224. The highest BCUT2D eigenvalue weighted by Crippen LogP contribution is 2.30. The van der Waals surface area contributed by atoms with Gasteiger partial charge in [0.2, 0.25) is 0 Å². The van der Waals surface area contributed by atoms with Crippen LogP contribution >= 0.6 is 0 Å². The van der Waals surface area contributed by atoms with Crippen molar-refractivity contribution in [3.8, 4) is 11.5 Å². The standard InChI is InChI=1S/C19H16N4O3/c1-25-16-8-12-14(9-17(16)26-2)22-18(23-19(12)24)7-11-6-15-13(21-10-11)4-3-5-20-15/h3-6,8-10H,7H2,1-2H3,(H,22,23,24). The second-order valence-corrected chi connectivity index (χ2v) is 5.80. The third kappa shape index (κ3) is 2.83. The maximum Gasteiger partial charge on any atom is 0.258 e. The van der Waals surface area contributed by atoms with Crippen LogP contribution in [-0.2, 0) is 6.42 Å². The Hall–Kier alpha value is -3.48. The summed E-state index contributed by atoms with van der Waals surface area (Å²) in [5.74, 6) is 1.57. The zero-order valence-electron chi connectivity index (χ0n) is 14.3. The van der Waals surface area contributed by atoms with Crippen molar-refractivity contribution >= 4 is 21.9 Å². The normalized spacial score (nSPS) is 11.0. The summed E-state index contributed by atoms with van der Waals surface area (Å²) in [6.07, 6.45) is 3.94. The molecule has 0 spiro atoms. The van der Waals surface area contributed by atoms with Crippen LogP contribution in [0.15, 0.2) is 47.5 Å². The molecule has 4 aromatic rings. The van der Waals surface area contributed by atoms with E-state index < -0.39 is 0 Å². The van der Waals surface area contributed by atoms with Gasteiger partial charge in [0, 0.05) is 24.9 Å². The summed E-state index contributed by atoms with van der Waals surface area (Å²) in [5.41, 5.74) is 2.87. The van der Waals surface area contributed by atoms with E-state index in [0.717, 1.165) is 16.6 Å². The van der Waals surface area contributed by atoms with Crippen molar-refractivity contribution in [2.45, 2.75) is 6.42 Å². The van der Waals surface area contributed by atoms with Crippen molar-refractivity contribution in [2.24, 2.45) is 0 Å². The van der Waals surface area contributed by atoms with Crippen LogP contribution in [0.5, 0.6) is 11.5 Å². The Morgan fingerprint density at radius 2 is 1.81 bits per heavy atom. The molecule has 0 aliphatic carbocycles. The van der Waals surface area contributed by atoms with E-state index in [4.69, 9.17) is 9.47 Å². The number of hydrogen-bond donors (Lipinski definition) is 1. The third-order valence-electron chi connectivity index (χ3n) is 4.14. The maximum absolute atomic E-state index is 12.5. The van der Waals surface area contributed by atoms with Crippen LogP contribution < -0.4 is 15.0 Å². The fourth-order valence-corrected chi connectivity index (χ4v) is 2.88. The predicted octanol–water partition coefficient (Wildman–Crippen LogP) is 2.47. The molecule has 7 heteroatoms. The quantitative estimate of drug-likeness (QED) is 0.609. The summed E-state index contributed by atoms with van der Waals surface area (Å²) in [4.78, 5) is 28.5. The summed E-state index contributed by atoms with van der Waals surface area (Å²) in [7, 11) is 3.08. The highest BCUT2D eigenvalue weighted by Gasteiger charge is 2.11. The second kappa shape index (κ2) is 6.44. The highest BCUT2D eigenvalue weighted by molar-refractivity contribution is 5.82. The van der Waals surface area contributed by atoms with Crippen LogP contribution in [0.25, 0.3) is 21.9 Å². The third-order valence-corrected chi connectivity index (χ3v) is 4.14. The van der Waals surface area contributed by atoms with Crippen LogP contribution in [-0.4, -0.2) is 34.2 Å². The number of benzene rings is 1. The smallest absolute Gasteiger partial charge is 0.258 e. The number of methoxy groups -OCH3 is 2. The van der Waals surface area contributed by atoms with Crippen LogP contribution in [0.2, 0.25) is 0 Å². The van der Waals surface area contributed by atoms with Crippen molar-refractivity contribution in [1.29, 1.82) is 0 Å². The molecule has 26 heavy (non-hydrogen) atoms. The number of hydrogen-bond acceptors (Lipinski definition) is 6. The topological polar surface area (TPSA) is 90.0 Å². The summed E-state index contributed by atoms with van der Waals surface area (Å²) >= 11 is 0. The molecule has 0 unspecified atom stereocenters. The number of aromatic amines is 1. The molecule has 130 valence electrons. The number of fused-ring (bicyclic) bond motifs is 2. The molecule has 7 nitrogen and oxygen atoms in total. The summed E-state index contributed by atoms with van der Waals surface area (Å²) < 4.78 is 10.5. The fraction of sp³-hybridized carbons (Fsp3) is 0.158. The molecule has 0 saturated carbocycles. The lowest BCUT2D eigenvalue weighted by Crippen LogP contribution is -2.12. The number of nitrogens with one attached hydrogen (secondary N) is 1. The van der Waals surface area contributed by atoms with E-state index in [2.05, 4.69) is 19.9 Å². The van der Waals surface area contributed by atoms with Gasteiger partial charge >= 0.3 is 0 Å². The van der Waals surface area contributed by atoms with Crippen LogP contribution in [0.4, 0.5) is 0 Å². The Morgan fingerprint density at radius 1 is 1.00 bits per heavy atom. The van der Waals surface area contributed by atoms with Gasteiger partial charge < -0.3 is 14.5 Å². The molecular formula is C19H16N4O3. The molecule has 0 atom stereocenters. The first-order chi connectivity index (χ1) is 12.7. The molecule has 1 N–H and O–H groups in total. The lowest BCUT2D eigenvalue weighted by Gasteiger charge is -2.09. The monoisotopic (exact) mass is 348 g/mol. The average Bonchev–Trinajstić information content (AvgIpc) is 2.67. The van der Waals surface area contributed by atoms with E-state index in [0.29, 0.717) is 34.6 Å². The first-order valence-corrected chi connectivity index (χ1v) is 8.02. The lowest BCUT2D eigenvalue weighted by atomic mass is 10.1. The van der Waals surface area contributed by atoms with Gasteiger partial charge in [-0.2, -0.15) is 0 Å². The minimum absolute atomic E-state index is 0.224. The van der Waals surface area contributed by atoms with E-state index in [-0.39, 0.29) is 5.56 Å². The van der Waals surface area contributed by atoms with E-state index >= 15 is 0 Å². The SMILES string of the molecule is COc1cc2nc(Cc3cnc4cccnc4c3)[nH]c(=O)c2cc1OC. The Bertz CT molecular complexity index is 1170. The maximum atomic E-state index is 12.5. The van der Waals surface area contributed by atoms with Crippen molar-refractivity contribution in [3.63, 3.8) is 0 Å². The van der Waals surface area contributed by atoms with Crippen molar-refractivity contribution in [3.05, 3.63) is 64.5 Å². The molecule has 0 radical (unpaired) electrons. The van der Waals surface area contributed by atoms with Crippen LogP contribution in [0, 0.1) is 0 Å². The zero-order valence-corrected chi connectivity index (χ0v) is 14.3. The molecule has 0 bridgehead atoms. The number of ether oxygens (including phenoxy) is 2. The van der Waals surface area contributed by atoms with Gasteiger partial charge in [-0.3, -0.25) is 14.8 Å². The average molecular weight is 348 g/mol. The van der Waals surface area contributed by atoms with Gasteiger partial charge in [-0.05, 0) is 29.8 Å². The Morgan fingerprint density at radius 3 is 2.62 bits per heavy atom. The molecule has 0 saturated heterocycles. The molecule has 0 fully saturated rings. The van der Waals surface area contributed by atoms with Gasteiger partial charge in [-0.15, -0.1) is 0 Å². The van der Waals surface area contributed by atoms with Crippen molar-refractivity contribution < 1.29 is 9.47 Å². The number of pyridine rings is 2. The van der Waals surface area contributed by atoms with Gasteiger partial charge in [-0.25, -0.2) is 4.98 Å². The molecule has 0 amide bonds. The van der Waals surface area contributed by atoms with Crippen molar-refractivity contribution in [2.75, 3.05) is 14.2 Å². The van der Waals surface area contributed by atoms with Gasteiger partial charge in [0.15, 0.2) is 11.5 Å². The van der Waals surface area contributed by atoms with Gasteiger partial charge in [0.1, 0.15) is 5.82 Å². The largest absolute Gasteiger partial charge is 0.493 e.